The molecule has 0 aliphatic carbocycles. The number of H-pyrrole nitrogens is 1. The smallest absolute Gasteiger partial charge is 0.338 e. The minimum atomic E-state index is -0.592. The van der Waals surface area contributed by atoms with E-state index >= 15 is 0 Å². The molecule has 8 nitrogen and oxygen atoms in total. The maximum atomic E-state index is 12.9. The maximum Gasteiger partial charge on any atom is 0.338 e. The van der Waals surface area contributed by atoms with Crippen molar-refractivity contribution in [2.24, 2.45) is 5.92 Å². The zero-order valence-electron chi connectivity index (χ0n) is 18.3. The first kappa shape index (κ1) is 21.5. The molecule has 8 heteroatoms. The van der Waals surface area contributed by atoms with E-state index in [0.29, 0.717) is 18.7 Å². The molecule has 1 aliphatic rings. The number of esters is 1. The summed E-state index contributed by atoms with van der Waals surface area (Å²) in [6, 6.07) is 13.1. The lowest BCUT2D eigenvalue weighted by Crippen LogP contribution is -2.42. The van der Waals surface area contributed by atoms with Gasteiger partial charge in [0.15, 0.2) is 0 Å². The first-order chi connectivity index (χ1) is 15.1. The van der Waals surface area contributed by atoms with Gasteiger partial charge in [-0.1, -0.05) is 18.2 Å². The van der Waals surface area contributed by atoms with Gasteiger partial charge in [-0.3, -0.25) is 9.59 Å². The van der Waals surface area contributed by atoms with Crippen LogP contribution < -0.4 is 11.2 Å². The van der Waals surface area contributed by atoms with E-state index in [4.69, 9.17) is 4.74 Å². The second-order valence-electron chi connectivity index (χ2n) is 9.01. The number of ether oxygens (including phenoxy) is 1. The Kier molecular flexibility index (Phi) is 5.46. The van der Waals surface area contributed by atoms with Crippen LogP contribution in [-0.4, -0.2) is 45.0 Å². The summed E-state index contributed by atoms with van der Waals surface area (Å²) in [4.78, 5) is 54.6. The van der Waals surface area contributed by atoms with Crippen molar-refractivity contribution in [3.05, 3.63) is 74.9 Å². The minimum absolute atomic E-state index is 0.0523. The molecule has 1 atom stereocenters. The molecule has 0 bridgehead atoms. The number of amides is 1. The molecule has 1 unspecified atom stereocenters. The standard InChI is InChI=1S/C24H25N3O5/c1-24(2,3)26-13-15(11-20(26)28)14-32-22(30)16-9-10-18-19(12-16)25-23(31)27(21(18)29)17-7-5-4-6-8-17/h4-10,12,15H,11,13-14H2,1-3H3,(H,25,31). The molecule has 32 heavy (non-hydrogen) atoms. The van der Waals surface area contributed by atoms with E-state index in [-0.39, 0.29) is 40.4 Å². The third kappa shape index (κ3) is 4.08. The highest BCUT2D eigenvalue weighted by Gasteiger charge is 2.36. The van der Waals surface area contributed by atoms with Gasteiger partial charge in [0.1, 0.15) is 0 Å². The summed E-state index contributed by atoms with van der Waals surface area (Å²) in [7, 11) is 0. The lowest BCUT2D eigenvalue weighted by molar-refractivity contribution is -0.131. The molecule has 0 spiro atoms. The molecule has 1 amide bonds. The van der Waals surface area contributed by atoms with Crippen molar-refractivity contribution in [3.8, 4) is 5.69 Å². The van der Waals surface area contributed by atoms with Crippen LogP contribution >= 0.6 is 0 Å². The molecule has 166 valence electrons. The molecule has 2 aromatic carbocycles. The van der Waals surface area contributed by atoms with E-state index in [1.165, 1.54) is 18.2 Å². The number of para-hydroxylation sites is 1. The fourth-order valence-electron chi connectivity index (χ4n) is 3.97. The number of fused-ring (bicyclic) bond motifs is 1. The summed E-state index contributed by atoms with van der Waals surface area (Å²) in [5.41, 5.74) is -0.391. The molecule has 0 radical (unpaired) electrons. The summed E-state index contributed by atoms with van der Waals surface area (Å²) >= 11 is 0. The Hall–Kier alpha value is -3.68. The fourth-order valence-corrected chi connectivity index (χ4v) is 3.97. The van der Waals surface area contributed by atoms with Gasteiger partial charge in [0, 0.05) is 24.4 Å². The number of nitrogens with zero attached hydrogens (tertiary/aromatic N) is 2. The Morgan fingerprint density at radius 2 is 1.81 bits per heavy atom. The monoisotopic (exact) mass is 435 g/mol. The number of hydrogen-bond donors (Lipinski definition) is 1. The fraction of sp³-hybridized carbons (Fsp3) is 0.333. The van der Waals surface area contributed by atoms with Gasteiger partial charge < -0.3 is 14.6 Å². The van der Waals surface area contributed by atoms with Crippen LogP contribution in [0.1, 0.15) is 37.6 Å². The second kappa shape index (κ2) is 8.11. The van der Waals surface area contributed by atoms with Gasteiger partial charge in [0.2, 0.25) is 5.91 Å². The van der Waals surface area contributed by atoms with Gasteiger partial charge in [0.25, 0.3) is 5.56 Å². The number of carbonyl (C=O) groups excluding carboxylic acids is 2. The summed E-state index contributed by atoms with van der Waals surface area (Å²) in [5, 5.41) is 0.284. The van der Waals surface area contributed by atoms with E-state index in [9.17, 15) is 19.2 Å². The van der Waals surface area contributed by atoms with E-state index in [1.807, 2.05) is 20.8 Å². The van der Waals surface area contributed by atoms with Gasteiger partial charge in [-0.15, -0.1) is 0 Å². The molecule has 0 saturated carbocycles. The molecule has 4 rings (SSSR count). The van der Waals surface area contributed by atoms with Gasteiger partial charge >= 0.3 is 11.7 Å². The molecular weight excluding hydrogens is 410 g/mol. The number of aromatic amines is 1. The number of carbonyl (C=O) groups is 2. The molecule has 1 fully saturated rings. The van der Waals surface area contributed by atoms with Crippen LogP contribution in [0.3, 0.4) is 0 Å². The maximum absolute atomic E-state index is 12.9. The Bertz CT molecular complexity index is 1300. The average Bonchev–Trinajstić information content (AvgIpc) is 3.13. The highest BCUT2D eigenvalue weighted by molar-refractivity contribution is 5.94. The summed E-state index contributed by atoms with van der Waals surface area (Å²) in [6.45, 7) is 6.59. The van der Waals surface area contributed by atoms with Crippen LogP contribution in [0.4, 0.5) is 0 Å². The number of nitrogens with one attached hydrogen (secondary N) is 1. The Morgan fingerprint density at radius 3 is 2.47 bits per heavy atom. The molecular formula is C24H25N3O5. The van der Waals surface area contributed by atoms with Crippen LogP contribution in [0.15, 0.2) is 58.1 Å². The Morgan fingerprint density at radius 1 is 1.09 bits per heavy atom. The molecule has 3 aromatic rings. The van der Waals surface area contributed by atoms with E-state index in [1.54, 1.807) is 35.2 Å². The normalized spacial score (nSPS) is 16.5. The van der Waals surface area contributed by atoms with Gasteiger partial charge in [-0.05, 0) is 51.1 Å². The zero-order chi connectivity index (χ0) is 23.0. The SMILES string of the molecule is CC(C)(C)N1CC(COC(=O)c2ccc3c(=O)n(-c4ccccc4)c(=O)[nH]c3c2)CC1=O. The molecule has 1 saturated heterocycles. The Labute approximate surface area is 184 Å². The first-order valence-corrected chi connectivity index (χ1v) is 10.5. The molecule has 2 heterocycles. The predicted molar refractivity (Wildman–Crippen MR) is 120 cm³/mol. The number of benzene rings is 2. The van der Waals surface area contributed by atoms with Crippen molar-refractivity contribution in [2.45, 2.75) is 32.7 Å². The quantitative estimate of drug-likeness (QED) is 0.635. The summed E-state index contributed by atoms with van der Waals surface area (Å²) in [5.74, 6) is -0.581. The second-order valence-corrected chi connectivity index (χ2v) is 9.01. The van der Waals surface area contributed by atoms with Crippen LogP contribution in [0.5, 0.6) is 0 Å². The predicted octanol–water partition coefficient (Wildman–Crippen LogP) is 2.48. The van der Waals surface area contributed by atoms with Crippen molar-refractivity contribution in [1.82, 2.24) is 14.5 Å². The van der Waals surface area contributed by atoms with Crippen molar-refractivity contribution in [1.29, 1.82) is 0 Å². The summed E-state index contributed by atoms with van der Waals surface area (Å²) in [6.07, 6.45) is 0.342. The highest BCUT2D eigenvalue weighted by Crippen LogP contribution is 2.26. The lowest BCUT2D eigenvalue weighted by Gasteiger charge is -2.32. The number of hydrogen-bond acceptors (Lipinski definition) is 5. The van der Waals surface area contributed by atoms with Crippen molar-refractivity contribution in [3.63, 3.8) is 0 Å². The zero-order valence-corrected chi connectivity index (χ0v) is 18.3. The third-order valence-electron chi connectivity index (χ3n) is 5.61. The number of aromatic nitrogens is 2. The van der Waals surface area contributed by atoms with E-state index < -0.39 is 17.2 Å². The molecule has 1 aromatic heterocycles. The van der Waals surface area contributed by atoms with Crippen LogP contribution in [0.25, 0.3) is 16.6 Å². The average molecular weight is 435 g/mol. The van der Waals surface area contributed by atoms with Crippen LogP contribution in [0, 0.1) is 5.92 Å². The first-order valence-electron chi connectivity index (χ1n) is 10.5. The van der Waals surface area contributed by atoms with Crippen LogP contribution in [-0.2, 0) is 9.53 Å². The number of likely N-dealkylation sites (tertiary alicyclic amines) is 1. The highest BCUT2D eigenvalue weighted by atomic mass is 16.5. The van der Waals surface area contributed by atoms with Crippen molar-refractivity contribution in [2.75, 3.05) is 13.2 Å². The number of rotatable bonds is 4. The third-order valence-corrected chi connectivity index (χ3v) is 5.61. The molecule has 1 N–H and O–H groups in total. The van der Waals surface area contributed by atoms with E-state index in [2.05, 4.69) is 4.98 Å². The van der Waals surface area contributed by atoms with Gasteiger partial charge in [-0.2, -0.15) is 0 Å². The summed E-state index contributed by atoms with van der Waals surface area (Å²) < 4.78 is 6.48. The van der Waals surface area contributed by atoms with E-state index in [0.717, 1.165) is 4.57 Å². The topological polar surface area (TPSA) is 101 Å². The van der Waals surface area contributed by atoms with Gasteiger partial charge in [-0.25, -0.2) is 14.2 Å². The van der Waals surface area contributed by atoms with Crippen molar-refractivity contribution >= 4 is 22.8 Å². The molecule has 1 aliphatic heterocycles. The van der Waals surface area contributed by atoms with Crippen molar-refractivity contribution < 1.29 is 14.3 Å². The van der Waals surface area contributed by atoms with Crippen LogP contribution in [0.2, 0.25) is 0 Å². The van der Waals surface area contributed by atoms with Gasteiger partial charge in [0.05, 0.1) is 28.8 Å². The Balaban J connectivity index is 1.53. The minimum Gasteiger partial charge on any atom is -0.462 e. The lowest BCUT2D eigenvalue weighted by atomic mass is 10.1. The largest absolute Gasteiger partial charge is 0.462 e.